The third kappa shape index (κ3) is 4.49. The highest BCUT2D eigenvalue weighted by molar-refractivity contribution is 6.01. The first-order chi connectivity index (χ1) is 15.6. The number of nitrogens with zero attached hydrogens (tertiary/aromatic N) is 2. The molecule has 0 aliphatic rings. The topological polar surface area (TPSA) is 64.8 Å². The molecule has 162 valence electrons. The maximum Gasteiger partial charge on any atom is 0.275 e. The lowest BCUT2D eigenvalue weighted by Crippen LogP contribution is -2.18. The summed E-state index contributed by atoms with van der Waals surface area (Å²) in [6, 6.07) is 21.7. The first-order valence-electron chi connectivity index (χ1n) is 10.3. The predicted molar refractivity (Wildman–Crippen MR) is 127 cm³/mol. The van der Waals surface area contributed by atoms with Crippen molar-refractivity contribution < 1.29 is 14.3 Å². The van der Waals surface area contributed by atoms with Crippen molar-refractivity contribution in [2.45, 2.75) is 13.5 Å². The van der Waals surface area contributed by atoms with Crippen LogP contribution in [0.5, 0.6) is 11.5 Å². The Kier molecular flexibility index (Phi) is 6.22. The first kappa shape index (κ1) is 21.2. The molecule has 0 spiro atoms. The van der Waals surface area contributed by atoms with Crippen molar-refractivity contribution in [3.8, 4) is 11.5 Å². The zero-order chi connectivity index (χ0) is 22.5. The van der Waals surface area contributed by atoms with Crippen LogP contribution in [0, 0.1) is 6.92 Å². The molecule has 1 N–H and O–H groups in total. The number of aromatic nitrogens is 1. The Morgan fingerprint density at radius 3 is 2.56 bits per heavy atom. The maximum atomic E-state index is 12.6. The fourth-order valence-corrected chi connectivity index (χ4v) is 3.61. The van der Waals surface area contributed by atoms with E-state index in [1.54, 1.807) is 31.5 Å². The number of carbonyl (C=O) groups excluding carboxylic acids is 1. The van der Waals surface area contributed by atoms with E-state index >= 15 is 0 Å². The molecule has 0 bridgehead atoms. The van der Waals surface area contributed by atoms with E-state index in [-0.39, 0.29) is 5.91 Å². The lowest BCUT2D eigenvalue weighted by Gasteiger charge is -2.08. The Balaban J connectivity index is 1.55. The van der Waals surface area contributed by atoms with Gasteiger partial charge in [-0.05, 0) is 30.7 Å². The number of hydrogen-bond donors (Lipinski definition) is 1. The van der Waals surface area contributed by atoms with Crippen LogP contribution in [0.25, 0.3) is 10.9 Å². The highest BCUT2D eigenvalue weighted by Crippen LogP contribution is 2.25. The summed E-state index contributed by atoms with van der Waals surface area (Å²) >= 11 is 0. The van der Waals surface area contributed by atoms with Crippen LogP contribution in [0.1, 0.15) is 27.0 Å². The number of aryl methyl sites for hydroxylation is 1. The third-order valence-corrected chi connectivity index (χ3v) is 5.32. The number of nitrogens with one attached hydrogen (secondary N) is 1. The lowest BCUT2D eigenvalue weighted by molar-refractivity contribution is 0.0952. The van der Waals surface area contributed by atoms with E-state index in [0.717, 1.165) is 23.0 Å². The number of benzene rings is 3. The molecular formula is C26H25N3O3. The summed E-state index contributed by atoms with van der Waals surface area (Å²) in [7, 11) is 3.08. The van der Waals surface area contributed by atoms with Crippen molar-refractivity contribution in [1.29, 1.82) is 0 Å². The molecule has 4 aromatic rings. The van der Waals surface area contributed by atoms with E-state index in [4.69, 9.17) is 9.47 Å². The minimum absolute atomic E-state index is 0.357. The van der Waals surface area contributed by atoms with Crippen LogP contribution in [0.3, 0.4) is 0 Å². The van der Waals surface area contributed by atoms with Gasteiger partial charge in [-0.3, -0.25) is 4.79 Å². The summed E-state index contributed by atoms with van der Waals surface area (Å²) in [5, 5.41) is 5.26. The van der Waals surface area contributed by atoms with Gasteiger partial charge in [0.1, 0.15) is 11.5 Å². The fraction of sp³-hybridized carbons (Fsp3) is 0.154. The van der Waals surface area contributed by atoms with Gasteiger partial charge >= 0.3 is 0 Å². The molecule has 0 radical (unpaired) electrons. The number of hydrazone groups is 1. The van der Waals surface area contributed by atoms with Crippen LogP contribution < -0.4 is 14.9 Å². The molecule has 6 nitrogen and oxygen atoms in total. The Labute approximate surface area is 187 Å². The number of rotatable bonds is 7. The zero-order valence-corrected chi connectivity index (χ0v) is 18.3. The summed E-state index contributed by atoms with van der Waals surface area (Å²) in [5.74, 6) is 0.680. The number of carbonyl (C=O) groups is 1. The Bertz CT molecular complexity index is 1270. The molecule has 0 saturated carbocycles. The molecule has 32 heavy (non-hydrogen) atoms. The zero-order valence-electron chi connectivity index (χ0n) is 18.3. The van der Waals surface area contributed by atoms with Crippen LogP contribution in [-0.2, 0) is 6.54 Å². The van der Waals surface area contributed by atoms with Crippen LogP contribution in [0.15, 0.2) is 78.0 Å². The van der Waals surface area contributed by atoms with Crippen LogP contribution in [0.2, 0.25) is 0 Å². The number of para-hydroxylation sites is 1. The second-order valence-electron chi connectivity index (χ2n) is 7.48. The molecule has 1 aromatic heterocycles. The molecule has 1 amide bonds. The van der Waals surface area contributed by atoms with E-state index < -0.39 is 0 Å². The van der Waals surface area contributed by atoms with E-state index in [0.29, 0.717) is 17.1 Å². The number of methoxy groups -OCH3 is 2. The summed E-state index contributed by atoms with van der Waals surface area (Å²) in [4.78, 5) is 12.6. The second-order valence-corrected chi connectivity index (χ2v) is 7.48. The van der Waals surface area contributed by atoms with Gasteiger partial charge in [-0.15, -0.1) is 0 Å². The largest absolute Gasteiger partial charge is 0.497 e. The van der Waals surface area contributed by atoms with Gasteiger partial charge in [-0.1, -0.05) is 48.0 Å². The molecule has 0 fully saturated rings. The molecule has 6 heteroatoms. The number of hydrogen-bond acceptors (Lipinski definition) is 4. The van der Waals surface area contributed by atoms with Gasteiger partial charge in [0, 0.05) is 35.3 Å². The normalized spacial score (nSPS) is 11.1. The number of amides is 1. The van der Waals surface area contributed by atoms with Crippen molar-refractivity contribution in [3.05, 3.63) is 95.2 Å². The predicted octanol–water partition coefficient (Wildman–Crippen LogP) is 4.78. The monoisotopic (exact) mass is 427 g/mol. The van der Waals surface area contributed by atoms with E-state index in [1.807, 2.05) is 18.3 Å². The van der Waals surface area contributed by atoms with Crippen LogP contribution in [0.4, 0.5) is 0 Å². The van der Waals surface area contributed by atoms with Gasteiger partial charge < -0.3 is 14.0 Å². The fourth-order valence-electron chi connectivity index (χ4n) is 3.61. The molecular weight excluding hydrogens is 402 g/mol. The number of ether oxygens (including phenoxy) is 2. The van der Waals surface area contributed by atoms with E-state index in [2.05, 4.69) is 58.4 Å². The van der Waals surface area contributed by atoms with E-state index in [1.165, 1.54) is 18.2 Å². The quantitative estimate of drug-likeness (QED) is 0.341. The average molecular weight is 428 g/mol. The Morgan fingerprint density at radius 2 is 1.81 bits per heavy atom. The van der Waals surface area contributed by atoms with Crippen LogP contribution in [-0.4, -0.2) is 30.9 Å². The molecule has 0 atom stereocenters. The Hall–Kier alpha value is -4.06. The molecule has 4 rings (SSSR count). The summed E-state index contributed by atoms with van der Waals surface area (Å²) in [6.07, 6.45) is 3.72. The average Bonchev–Trinajstić information content (AvgIpc) is 3.17. The molecule has 0 aliphatic heterocycles. The first-order valence-corrected chi connectivity index (χ1v) is 10.3. The molecule has 0 saturated heterocycles. The summed E-state index contributed by atoms with van der Waals surface area (Å²) < 4.78 is 12.7. The highest BCUT2D eigenvalue weighted by Gasteiger charge is 2.13. The minimum atomic E-state index is -0.357. The van der Waals surface area contributed by atoms with E-state index in [9.17, 15) is 4.79 Å². The van der Waals surface area contributed by atoms with Gasteiger partial charge in [-0.25, -0.2) is 5.43 Å². The highest BCUT2D eigenvalue weighted by atomic mass is 16.5. The smallest absolute Gasteiger partial charge is 0.275 e. The van der Waals surface area contributed by atoms with Gasteiger partial charge in [0.2, 0.25) is 0 Å². The van der Waals surface area contributed by atoms with Gasteiger partial charge in [0.25, 0.3) is 5.91 Å². The van der Waals surface area contributed by atoms with Crippen LogP contribution >= 0.6 is 0 Å². The molecule has 3 aromatic carbocycles. The molecule has 1 heterocycles. The minimum Gasteiger partial charge on any atom is -0.497 e. The Morgan fingerprint density at radius 1 is 1.03 bits per heavy atom. The van der Waals surface area contributed by atoms with Gasteiger partial charge in [0.15, 0.2) is 0 Å². The van der Waals surface area contributed by atoms with Crippen molar-refractivity contribution in [3.63, 3.8) is 0 Å². The van der Waals surface area contributed by atoms with Gasteiger partial charge in [-0.2, -0.15) is 5.10 Å². The van der Waals surface area contributed by atoms with Crippen molar-refractivity contribution >= 4 is 23.0 Å². The SMILES string of the molecule is COc1ccc(C(=O)N/N=C\c2cn(Cc3ccc(C)cc3)c3ccccc23)c(OC)c1. The number of fused-ring (bicyclic) bond motifs is 1. The van der Waals surface area contributed by atoms with Crippen molar-refractivity contribution in [2.75, 3.05) is 14.2 Å². The third-order valence-electron chi connectivity index (χ3n) is 5.32. The van der Waals surface area contributed by atoms with Crippen molar-refractivity contribution in [2.24, 2.45) is 5.10 Å². The van der Waals surface area contributed by atoms with Crippen molar-refractivity contribution in [1.82, 2.24) is 9.99 Å². The summed E-state index contributed by atoms with van der Waals surface area (Å²) in [5.41, 5.74) is 7.47. The second kappa shape index (κ2) is 9.39. The molecule has 0 aliphatic carbocycles. The maximum absolute atomic E-state index is 12.6. The molecule has 0 unspecified atom stereocenters. The lowest BCUT2D eigenvalue weighted by atomic mass is 10.1. The summed E-state index contributed by atoms with van der Waals surface area (Å²) in [6.45, 7) is 2.84. The van der Waals surface area contributed by atoms with Gasteiger partial charge in [0.05, 0.1) is 26.0 Å². The standard InChI is InChI=1S/C26H25N3O3/c1-18-8-10-19(11-9-18)16-29-17-20(22-6-4-5-7-24(22)29)15-27-28-26(30)23-13-12-21(31-2)14-25(23)32-3/h4-15,17H,16H2,1-3H3,(H,28,30)/b27-15-.